The maximum absolute atomic E-state index is 11.8. The van der Waals surface area contributed by atoms with E-state index in [0.29, 0.717) is 5.75 Å². The van der Waals surface area contributed by atoms with Crippen molar-refractivity contribution in [2.45, 2.75) is 6.04 Å². The molecule has 0 spiro atoms. The van der Waals surface area contributed by atoms with Crippen molar-refractivity contribution in [3.63, 3.8) is 0 Å². The van der Waals surface area contributed by atoms with Crippen LogP contribution in [0.4, 0.5) is 5.69 Å². The van der Waals surface area contributed by atoms with E-state index < -0.39 is 0 Å². The summed E-state index contributed by atoms with van der Waals surface area (Å²) in [6.07, 6.45) is 1.55. The van der Waals surface area contributed by atoms with E-state index in [-0.39, 0.29) is 18.0 Å². The number of fused-ring (bicyclic) bond motifs is 1. The lowest BCUT2D eigenvalue weighted by atomic mass is 10.1. The number of likely N-dealkylation sites (N-methyl/N-ethyl adjacent to an activating group) is 1. The van der Waals surface area contributed by atoms with Crippen LogP contribution >= 0.6 is 15.9 Å². The summed E-state index contributed by atoms with van der Waals surface area (Å²) in [6, 6.07) is 3.52. The van der Waals surface area contributed by atoms with Crippen molar-refractivity contribution in [3.8, 4) is 11.8 Å². The molecule has 104 valence electrons. The minimum Gasteiger partial charge on any atom is -0.422 e. The number of aryl methyl sites for hydroxylation is 1. The van der Waals surface area contributed by atoms with Crippen molar-refractivity contribution in [2.75, 3.05) is 12.4 Å². The summed E-state index contributed by atoms with van der Waals surface area (Å²) in [5, 5.41) is 9.83. The highest BCUT2D eigenvalue weighted by molar-refractivity contribution is 9.10. The van der Waals surface area contributed by atoms with Crippen LogP contribution in [0.2, 0.25) is 0 Å². The summed E-state index contributed by atoms with van der Waals surface area (Å²) in [7, 11) is 3.50. The summed E-state index contributed by atoms with van der Waals surface area (Å²) in [6.45, 7) is 0. The first-order valence-electron chi connectivity index (χ1n) is 5.93. The van der Waals surface area contributed by atoms with Gasteiger partial charge in [-0.1, -0.05) is 0 Å². The molecule has 0 fully saturated rings. The number of anilines is 1. The van der Waals surface area contributed by atoms with E-state index in [9.17, 15) is 4.79 Å². The number of ether oxygens (including phenoxy) is 1. The summed E-state index contributed by atoms with van der Waals surface area (Å²) in [5.74, 6) is 0.467. The molecule has 7 nitrogen and oxygen atoms in total. The Kier molecular flexibility index (Phi) is 3.19. The second-order valence-electron chi connectivity index (χ2n) is 4.38. The van der Waals surface area contributed by atoms with Crippen molar-refractivity contribution in [3.05, 3.63) is 28.5 Å². The Hall–Kier alpha value is -1.93. The number of hydrogen-bond donors (Lipinski definition) is 2. The summed E-state index contributed by atoms with van der Waals surface area (Å²) >= 11 is 3.44. The number of halogens is 1. The largest absolute Gasteiger partial charge is 0.422 e. The number of nitrogens with zero attached hydrogens (tertiary/aromatic N) is 3. The van der Waals surface area contributed by atoms with E-state index in [0.717, 1.165) is 15.7 Å². The lowest BCUT2D eigenvalue weighted by molar-refractivity contribution is -0.117. The van der Waals surface area contributed by atoms with Gasteiger partial charge in [0.05, 0.1) is 4.47 Å². The molecule has 1 aromatic carbocycles. The molecule has 1 unspecified atom stereocenters. The van der Waals surface area contributed by atoms with Gasteiger partial charge in [0.2, 0.25) is 5.91 Å². The van der Waals surface area contributed by atoms with Gasteiger partial charge in [0.1, 0.15) is 18.1 Å². The highest BCUT2D eigenvalue weighted by atomic mass is 79.9. The molecule has 0 radical (unpaired) electrons. The molecule has 2 N–H and O–H groups in total. The SMILES string of the molecule is CNC1C(=O)Nc2cc(Oc3ncn(C)n3)c(Br)cc21. The molecule has 0 saturated carbocycles. The first-order chi connectivity index (χ1) is 9.58. The lowest BCUT2D eigenvalue weighted by Gasteiger charge is -2.09. The van der Waals surface area contributed by atoms with E-state index in [1.165, 1.54) is 0 Å². The van der Waals surface area contributed by atoms with E-state index in [1.54, 1.807) is 31.2 Å². The van der Waals surface area contributed by atoms with Crippen LogP contribution in [0.5, 0.6) is 11.8 Å². The molecule has 1 aliphatic rings. The number of carbonyl (C=O) groups excluding carboxylic acids is 1. The smallest absolute Gasteiger partial charge is 0.341 e. The molecule has 3 rings (SSSR count). The second-order valence-corrected chi connectivity index (χ2v) is 5.24. The zero-order chi connectivity index (χ0) is 14.3. The van der Waals surface area contributed by atoms with Gasteiger partial charge in [0.25, 0.3) is 0 Å². The Morgan fingerprint density at radius 1 is 1.50 bits per heavy atom. The van der Waals surface area contributed by atoms with Gasteiger partial charge in [-0.2, -0.15) is 4.98 Å². The standard InChI is InChI=1S/C12H12BrN5O2/c1-14-10-6-3-7(13)9(4-8(6)16-11(10)19)20-12-15-5-18(2)17-12/h3-5,10,14H,1-2H3,(H,16,19). The minimum absolute atomic E-state index is 0.0810. The van der Waals surface area contributed by atoms with Gasteiger partial charge in [-0.3, -0.25) is 9.48 Å². The predicted octanol–water partition coefficient (Wildman–Crippen LogP) is 1.58. The number of nitrogens with one attached hydrogen (secondary N) is 2. The van der Waals surface area contributed by atoms with Crippen LogP contribution in [0, 0.1) is 0 Å². The topological polar surface area (TPSA) is 81.1 Å². The van der Waals surface area contributed by atoms with Gasteiger partial charge in [-0.25, -0.2) is 0 Å². The van der Waals surface area contributed by atoms with Crippen LogP contribution in [-0.2, 0) is 11.8 Å². The number of benzene rings is 1. The third-order valence-electron chi connectivity index (χ3n) is 3.00. The second kappa shape index (κ2) is 4.88. The van der Waals surface area contributed by atoms with Crippen LogP contribution in [0.15, 0.2) is 22.9 Å². The third kappa shape index (κ3) is 2.16. The average molecular weight is 338 g/mol. The Morgan fingerprint density at radius 2 is 2.30 bits per heavy atom. The maximum Gasteiger partial charge on any atom is 0.341 e. The monoisotopic (exact) mass is 337 g/mol. The molecule has 0 aliphatic carbocycles. The molecule has 20 heavy (non-hydrogen) atoms. The van der Waals surface area contributed by atoms with E-state index in [4.69, 9.17) is 4.74 Å². The molecule has 0 saturated heterocycles. The molecule has 1 aliphatic heterocycles. The Balaban J connectivity index is 1.95. The Morgan fingerprint density at radius 3 is 2.95 bits per heavy atom. The van der Waals surface area contributed by atoms with Gasteiger partial charge in [0, 0.05) is 24.4 Å². The molecule has 1 atom stereocenters. The average Bonchev–Trinajstić information content (AvgIpc) is 2.93. The minimum atomic E-state index is -0.344. The molecule has 8 heteroatoms. The summed E-state index contributed by atoms with van der Waals surface area (Å²) < 4.78 is 7.89. The number of amides is 1. The Bertz CT molecular complexity index is 684. The lowest BCUT2D eigenvalue weighted by Crippen LogP contribution is -2.23. The van der Waals surface area contributed by atoms with Gasteiger partial charge >= 0.3 is 6.01 Å². The van der Waals surface area contributed by atoms with Crippen molar-refractivity contribution < 1.29 is 9.53 Å². The van der Waals surface area contributed by atoms with Crippen molar-refractivity contribution >= 4 is 27.5 Å². The zero-order valence-corrected chi connectivity index (χ0v) is 12.4. The van der Waals surface area contributed by atoms with Crippen LogP contribution in [0.25, 0.3) is 0 Å². The van der Waals surface area contributed by atoms with Crippen LogP contribution in [0.3, 0.4) is 0 Å². The normalized spacial score (nSPS) is 16.9. The van der Waals surface area contributed by atoms with Crippen LogP contribution in [0.1, 0.15) is 11.6 Å². The summed E-state index contributed by atoms with van der Waals surface area (Å²) in [4.78, 5) is 15.8. The maximum atomic E-state index is 11.8. The molecule has 2 aromatic rings. The zero-order valence-electron chi connectivity index (χ0n) is 10.8. The van der Waals surface area contributed by atoms with E-state index in [2.05, 4.69) is 36.6 Å². The predicted molar refractivity (Wildman–Crippen MR) is 75.6 cm³/mol. The number of hydrogen-bond acceptors (Lipinski definition) is 5. The first-order valence-corrected chi connectivity index (χ1v) is 6.73. The van der Waals surface area contributed by atoms with E-state index in [1.807, 2.05) is 6.07 Å². The third-order valence-corrected chi connectivity index (χ3v) is 3.62. The summed E-state index contributed by atoms with van der Waals surface area (Å²) in [5.41, 5.74) is 1.61. The van der Waals surface area contributed by atoms with Gasteiger partial charge in [-0.05, 0) is 29.0 Å². The molecule has 1 amide bonds. The van der Waals surface area contributed by atoms with Crippen LogP contribution < -0.4 is 15.4 Å². The molecule has 1 aromatic heterocycles. The number of carbonyl (C=O) groups is 1. The molecular formula is C12H12BrN5O2. The molecular weight excluding hydrogens is 326 g/mol. The quantitative estimate of drug-likeness (QED) is 0.888. The molecule has 0 bridgehead atoms. The van der Waals surface area contributed by atoms with Gasteiger partial charge in [0.15, 0.2) is 0 Å². The number of rotatable bonds is 3. The van der Waals surface area contributed by atoms with Gasteiger partial charge < -0.3 is 15.4 Å². The first kappa shape index (κ1) is 13.1. The molecule has 2 heterocycles. The number of aromatic nitrogens is 3. The van der Waals surface area contributed by atoms with Gasteiger partial charge in [-0.15, -0.1) is 5.10 Å². The fourth-order valence-electron chi connectivity index (χ4n) is 2.09. The fraction of sp³-hybridized carbons (Fsp3) is 0.250. The van der Waals surface area contributed by atoms with Crippen molar-refractivity contribution in [2.24, 2.45) is 7.05 Å². The van der Waals surface area contributed by atoms with E-state index >= 15 is 0 Å². The fourth-order valence-corrected chi connectivity index (χ4v) is 2.53. The van der Waals surface area contributed by atoms with Crippen molar-refractivity contribution in [1.82, 2.24) is 20.1 Å². The highest BCUT2D eigenvalue weighted by Gasteiger charge is 2.30. The van der Waals surface area contributed by atoms with Crippen molar-refractivity contribution in [1.29, 1.82) is 0 Å². The highest BCUT2D eigenvalue weighted by Crippen LogP contribution is 2.39. The van der Waals surface area contributed by atoms with Crippen LogP contribution in [-0.4, -0.2) is 27.7 Å². The Labute approximate surface area is 123 Å².